The fraction of sp³-hybridized carbons (Fsp3) is 1.00. The minimum Gasteiger partial charge on any atom is -0.378 e. The van der Waals surface area contributed by atoms with Crippen LogP contribution < -0.4 is 5.32 Å². The molecule has 0 aliphatic heterocycles. The summed E-state index contributed by atoms with van der Waals surface area (Å²) in [5, 5.41) is 3.17. The zero-order chi connectivity index (χ0) is 11.3. The highest BCUT2D eigenvalue weighted by molar-refractivity contribution is 4.76. The van der Waals surface area contributed by atoms with Crippen LogP contribution in [0.3, 0.4) is 0 Å². The third-order valence-corrected chi connectivity index (χ3v) is 2.82. The molecule has 1 fully saturated rings. The van der Waals surface area contributed by atoms with Gasteiger partial charge in [-0.2, -0.15) is 13.2 Å². The van der Waals surface area contributed by atoms with Crippen molar-refractivity contribution in [3.63, 3.8) is 0 Å². The Kier molecular flexibility index (Phi) is 4.86. The molecule has 1 rings (SSSR count). The van der Waals surface area contributed by atoms with Crippen molar-refractivity contribution in [2.75, 3.05) is 13.7 Å². The van der Waals surface area contributed by atoms with Crippen molar-refractivity contribution < 1.29 is 17.9 Å². The van der Waals surface area contributed by atoms with Crippen LogP contribution in [0.15, 0.2) is 0 Å². The Bertz CT molecular complexity index is 176. The summed E-state index contributed by atoms with van der Waals surface area (Å²) in [6, 6.07) is 0.507. The summed E-state index contributed by atoms with van der Waals surface area (Å²) in [6.07, 6.45) is -1.19. The monoisotopic (exact) mass is 225 g/mol. The van der Waals surface area contributed by atoms with Gasteiger partial charge in [-0.05, 0) is 32.7 Å². The van der Waals surface area contributed by atoms with Crippen LogP contribution in [0.2, 0.25) is 0 Å². The summed E-state index contributed by atoms with van der Waals surface area (Å²) in [4.78, 5) is 0. The average molecular weight is 225 g/mol. The molecule has 1 saturated carbocycles. The van der Waals surface area contributed by atoms with Gasteiger partial charge in [-0.25, -0.2) is 0 Å². The molecule has 1 aliphatic rings. The van der Waals surface area contributed by atoms with E-state index in [9.17, 15) is 13.2 Å². The SMILES string of the molecule is CNC1CCC(OCCC(F)(F)F)CC1. The normalized spacial score (nSPS) is 28.0. The molecule has 0 spiro atoms. The summed E-state index contributed by atoms with van der Waals surface area (Å²) >= 11 is 0. The number of ether oxygens (including phenoxy) is 1. The number of halogens is 3. The second-order valence-electron chi connectivity index (χ2n) is 4.00. The average Bonchev–Trinajstić information content (AvgIpc) is 2.17. The molecule has 1 N–H and O–H groups in total. The van der Waals surface area contributed by atoms with Gasteiger partial charge >= 0.3 is 6.18 Å². The predicted octanol–water partition coefficient (Wildman–Crippen LogP) is 2.49. The topological polar surface area (TPSA) is 21.3 Å². The van der Waals surface area contributed by atoms with Gasteiger partial charge in [0.2, 0.25) is 0 Å². The minimum atomic E-state index is -4.10. The molecule has 15 heavy (non-hydrogen) atoms. The minimum absolute atomic E-state index is 0.0250. The molecule has 0 heterocycles. The van der Waals surface area contributed by atoms with Crippen LogP contribution in [-0.4, -0.2) is 32.0 Å². The van der Waals surface area contributed by atoms with Crippen molar-refractivity contribution in [1.82, 2.24) is 5.32 Å². The van der Waals surface area contributed by atoms with E-state index in [1.807, 2.05) is 7.05 Å². The number of rotatable bonds is 4. The maximum absolute atomic E-state index is 11.8. The van der Waals surface area contributed by atoms with E-state index in [1.165, 1.54) is 0 Å². The molecule has 0 bridgehead atoms. The first-order valence-electron chi connectivity index (χ1n) is 5.37. The molecule has 0 aromatic heterocycles. The van der Waals surface area contributed by atoms with E-state index >= 15 is 0 Å². The summed E-state index contributed by atoms with van der Waals surface area (Å²) in [6.45, 7) is -0.196. The van der Waals surface area contributed by atoms with Crippen molar-refractivity contribution >= 4 is 0 Å². The molecule has 0 unspecified atom stereocenters. The molecule has 0 radical (unpaired) electrons. The lowest BCUT2D eigenvalue weighted by Crippen LogP contribution is -2.33. The highest BCUT2D eigenvalue weighted by Gasteiger charge is 2.28. The first kappa shape index (κ1) is 12.8. The van der Waals surface area contributed by atoms with E-state index in [0.717, 1.165) is 25.7 Å². The Balaban J connectivity index is 2.09. The highest BCUT2D eigenvalue weighted by Crippen LogP contribution is 2.23. The van der Waals surface area contributed by atoms with Crippen molar-refractivity contribution in [3.8, 4) is 0 Å². The lowest BCUT2D eigenvalue weighted by Gasteiger charge is -2.28. The van der Waals surface area contributed by atoms with Gasteiger partial charge in [-0.15, -0.1) is 0 Å². The quantitative estimate of drug-likeness (QED) is 0.793. The first-order valence-corrected chi connectivity index (χ1v) is 5.37. The maximum Gasteiger partial charge on any atom is 0.391 e. The smallest absolute Gasteiger partial charge is 0.378 e. The third-order valence-electron chi connectivity index (χ3n) is 2.82. The van der Waals surface area contributed by atoms with E-state index < -0.39 is 12.6 Å². The molecule has 0 amide bonds. The second-order valence-corrected chi connectivity index (χ2v) is 4.00. The molecule has 0 aromatic rings. The molecular formula is C10H18F3NO. The van der Waals surface area contributed by atoms with Crippen LogP contribution in [0, 0.1) is 0 Å². The van der Waals surface area contributed by atoms with Gasteiger partial charge in [0, 0.05) is 6.04 Å². The Morgan fingerprint density at radius 3 is 2.27 bits per heavy atom. The zero-order valence-electron chi connectivity index (χ0n) is 8.94. The summed E-state index contributed by atoms with van der Waals surface area (Å²) in [5.74, 6) is 0. The van der Waals surface area contributed by atoms with Crippen LogP contribution in [0.25, 0.3) is 0 Å². The van der Waals surface area contributed by atoms with Gasteiger partial charge in [0.1, 0.15) is 0 Å². The molecule has 0 aromatic carbocycles. The van der Waals surface area contributed by atoms with Gasteiger partial charge in [-0.1, -0.05) is 0 Å². The van der Waals surface area contributed by atoms with Gasteiger partial charge in [0.05, 0.1) is 19.1 Å². The van der Waals surface area contributed by atoms with Gasteiger partial charge in [-0.3, -0.25) is 0 Å². The Morgan fingerprint density at radius 1 is 1.20 bits per heavy atom. The van der Waals surface area contributed by atoms with E-state index in [2.05, 4.69) is 5.32 Å². The van der Waals surface area contributed by atoms with Crippen LogP contribution in [0.5, 0.6) is 0 Å². The van der Waals surface area contributed by atoms with Gasteiger partial charge in [0.25, 0.3) is 0 Å². The van der Waals surface area contributed by atoms with Crippen LogP contribution in [0.4, 0.5) is 13.2 Å². The van der Waals surface area contributed by atoms with E-state index in [-0.39, 0.29) is 12.7 Å². The van der Waals surface area contributed by atoms with E-state index in [4.69, 9.17) is 4.74 Å². The summed E-state index contributed by atoms with van der Waals surface area (Å²) < 4.78 is 40.7. The van der Waals surface area contributed by atoms with Crippen LogP contribution in [0.1, 0.15) is 32.1 Å². The maximum atomic E-state index is 11.8. The molecule has 2 nitrogen and oxygen atoms in total. The first-order chi connectivity index (χ1) is 7.01. The molecule has 0 saturated heterocycles. The molecule has 90 valence electrons. The molecular weight excluding hydrogens is 207 g/mol. The highest BCUT2D eigenvalue weighted by atomic mass is 19.4. The van der Waals surface area contributed by atoms with Crippen molar-refractivity contribution in [3.05, 3.63) is 0 Å². The second kappa shape index (κ2) is 5.70. The Morgan fingerprint density at radius 2 is 1.80 bits per heavy atom. The van der Waals surface area contributed by atoms with Crippen LogP contribution >= 0.6 is 0 Å². The van der Waals surface area contributed by atoms with Crippen LogP contribution in [-0.2, 0) is 4.74 Å². The Labute approximate surface area is 88.2 Å². The van der Waals surface area contributed by atoms with E-state index in [1.54, 1.807) is 0 Å². The lowest BCUT2D eigenvalue weighted by molar-refractivity contribution is -0.150. The molecule has 0 atom stereocenters. The summed E-state index contributed by atoms with van der Waals surface area (Å²) in [7, 11) is 1.91. The standard InChI is InChI=1S/C10H18F3NO/c1-14-8-2-4-9(5-3-8)15-7-6-10(11,12)13/h8-9,14H,2-7H2,1H3. The fourth-order valence-electron chi connectivity index (χ4n) is 1.86. The van der Waals surface area contributed by atoms with E-state index in [0.29, 0.717) is 6.04 Å². The van der Waals surface area contributed by atoms with Gasteiger partial charge in [0.15, 0.2) is 0 Å². The molecule has 1 aliphatic carbocycles. The number of hydrogen-bond acceptors (Lipinski definition) is 2. The fourth-order valence-corrected chi connectivity index (χ4v) is 1.86. The largest absolute Gasteiger partial charge is 0.391 e. The number of alkyl halides is 3. The van der Waals surface area contributed by atoms with Gasteiger partial charge < -0.3 is 10.1 Å². The Hall–Kier alpha value is -0.290. The number of hydrogen-bond donors (Lipinski definition) is 1. The van der Waals surface area contributed by atoms with Crippen molar-refractivity contribution in [2.24, 2.45) is 0 Å². The third kappa shape index (κ3) is 5.37. The number of nitrogens with one attached hydrogen (secondary N) is 1. The summed E-state index contributed by atoms with van der Waals surface area (Å²) in [5.41, 5.74) is 0. The molecule has 5 heteroatoms. The van der Waals surface area contributed by atoms with Crippen molar-refractivity contribution in [1.29, 1.82) is 0 Å². The predicted molar refractivity (Wildman–Crippen MR) is 51.7 cm³/mol. The van der Waals surface area contributed by atoms with Crippen molar-refractivity contribution in [2.45, 2.75) is 50.4 Å². The zero-order valence-corrected chi connectivity index (χ0v) is 8.94. The lowest BCUT2D eigenvalue weighted by atomic mass is 9.93.